The van der Waals surface area contributed by atoms with E-state index in [1.807, 2.05) is 13.8 Å². The third kappa shape index (κ3) is 3.64. The number of morpholine rings is 1. The van der Waals surface area contributed by atoms with Crippen molar-refractivity contribution in [2.24, 2.45) is 0 Å². The molecular formula is C14H24N4O. The van der Waals surface area contributed by atoms with Crippen molar-refractivity contribution in [2.75, 3.05) is 31.6 Å². The van der Waals surface area contributed by atoms with E-state index in [0.29, 0.717) is 12.1 Å². The van der Waals surface area contributed by atoms with Gasteiger partial charge in [0, 0.05) is 31.4 Å². The third-order valence-electron chi connectivity index (χ3n) is 3.63. The smallest absolute Gasteiger partial charge is 0.147 e. The molecule has 0 aliphatic carbocycles. The van der Waals surface area contributed by atoms with Crippen molar-refractivity contribution in [3.8, 4) is 0 Å². The van der Waals surface area contributed by atoms with Crippen LogP contribution in [0.4, 0.5) is 5.82 Å². The van der Waals surface area contributed by atoms with Gasteiger partial charge in [-0.3, -0.25) is 9.88 Å². The number of ether oxygens (including phenoxy) is 1. The van der Waals surface area contributed by atoms with E-state index in [0.717, 1.165) is 43.5 Å². The Hall–Kier alpha value is -1.20. The summed E-state index contributed by atoms with van der Waals surface area (Å²) in [6.45, 7) is 11.9. The standard InChI is InChI=1S/C14H24N4O/c1-10-7-15-13(4)14(17-10)16-8-11(2)18-5-6-19-9-12(18)3/h7,11-12H,5-6,8-9H2,1-4H3,(H,16,17)/t11-,12+/m0/s1. The number of hydrogen-bond acceptors (Lipinski definition) is 5. The maximum atomic E-state index is 5.48. The first-order chi connectivity index (χ1) is 9.08. The lowest BCUT2D eigenvalue weighted by Crippen LogP contribution is -2.50. The van der Waals surface area contributed by atoms with Crippen LogP contribution in [-0.4, -0.2) is 53.3 Å². The van der Waals surface area contributed by atoms with Gasteiger partial charge in [-0.05, 0) is 27.7 Å². The second kappa shape index (κ2) is 6.30. The number of anilines is 1. The van der Waals surface area contributed by atoms with Crippen LogP contribution in [0, 0.1) is 13.8 Å². The molecule has 1 aromatic heterocycles. The molecule has 5 heteroatoms. The highest BCUT2D eigenvalue weighted by atomic mass is 16.5. The first-order valence-electron chi connectivity index (χ1n) is 6.95. The fourth-order valence-corrected chi connectivity index (χ4v) is 2.46. The number of rotatable bonds is 4. The summed E-state index contributed by atoms with van der Waals surface area (Å²) in [6.07, 6.45) is 1.80. The van der Waals surface area contributed by atoms with Crippen LogP contribution in [0.15, 0.2) is 6.20 Å². The predicted molar refractivity (Wildman–Crippen MR) is 76.4 cm³/mol. The monoisotopic (exact) mass is 264 g/mol. The van der Waals surface area contributed by atoms with Crippen LogP contribution in [0.1, 0.15) is 25.2 Å². The van der Waals surface area contributed by atoms with Crippen molar-refractivity contribution < 1.29 is 4.74 Å². The lowest BCUT2D eigenvalue weighted by atomic mass is 10.2. The zero-order valence-corrected chi connectivity index (χ0v) is 12.3. The molecule has 0 bridgehead atoms. The second-order valence-corrected chi connectivity index (χ2v) is 5.34. The molecule has 0 spiro atoms. The van der Waals surface area contributed by atoms with Gasteiger partial charge in [0.2, 0.25) is 0 Å². The molecule has 2 heterocycles. The lowest BCUT2D eigenvalue weighted by molar-refractivity contribution is -0.0159. The largest absolute Gasteiger partial charge is 0.379 e. The van der Waals surface area contributed by atoms with Crippen LogP contribution in [0.2, 0.25) is 0 Å². The molecule has 1 aromatic rings. The summed E-state index contributed by atoms with van der Waals surface area (Å²) in [7, 11) is 0. The van der Waals surface area contributed by atoms with Gasteiger partial charge >= 0.3 is 0 Å². The van der Waals surface area contributed by atoms with E-state index in [1.54, 1.807) is 6.20 Å². The molecule has 1 saturated heterocycles. The van der Waals surface area contributed by atoms with Crippen LogP contribution in [-0.2, 0) is 4.74 Å². The van der Waals surface area contributed by atoms with Crippen molar-refractivity contribution in [3.05, 3.63) is 17.6 Å². The van der Waals surface area contributed by atoms with Gasteiger partial charge in [-0.2, -0.15) is 0 Å². The first kappa shape index (κ1) is 14.2. The normalized spacial score (nSPS) is 22.2. The van der Waals surface area contributed by atoms with Gasteiger partial charge in [0.15, 0.2) is 0 Å². The summed E-state index contributed by atoms with van der Waals surface area (Å²) < 4.78 is 5.48. The average Bonchev–Trinajstić information content (AvgIpc) is 2.40. The Morgan fingerprint density at radius 3 is 3.05 bits per heavy atom. The third-order valence-corrected chi connectivity index (χ3v) is 3.63. The van der Waals surface area contributed by atoms with Crippen molar-refractivity contribution in [3.63, 3.8) is 0 Å². The van der Waals surface area contributed by atoms with E-state index in [2.05, 4.69) is 34.0 Å². The summed E-state index contributed by atoms with van der Waals surface area (Å²) in [6, 6.07) is 0.941. The average molecular weight is 264 g/mol. The van der Waals surface area contributed by atoms with E-state index in [4.69, 9.17) is 4.74 Å². The maximum Gasteiger partial charge on any atom is 0.147 e. The molecule has 2 atom stereocenters. The predicted octanol–water partition coefficient (Wildman–Crippen LogP) is 1.61. The Kier molecular flexibility index (Phi) is 4.71. The topological polar surface area (TPSA) is 50.3 Å². The molecule has 0 saturated carbocycles. The van der Waals surface area contributed by atoms with Crippen molar-refractivity contribution in [1.29, 1.82) is 0 Å². The summed E-state index contributed by atoms with van der Waals surface area (Å²) in [5, 5.41) is 3.42. The molecule has 5 nitrogen and oxygen atoms in total. The lowest BCUT2D eigenvalue weighted by Gasteiger charge is -2.38. The molecule has 106 valence electrons. The Bertz CT molecular complexity index is 424. The van der Waals surface area contributed by atoms with Crippen LogP contribution in [0.25, 0.3) is 0 Å². The second-order valence-electron chi connectivity index (χ2n) is 5.34. The Morgan fingerprint density at radius 1 is 1.53 bits per heavy atom. The fraction of sp³-hybridized carbons (Fsp3) is 0.714. The molecule has 1 aliphatic rings. The molecule has 0 amide bonds. The van der Waals surface area contributed by atoms with Crippen LogP contribution in [0.3, 0.4) is 0 Å². The summed E-state index contributed by atoms with van der Waals surface area (Å²) in [4.78, 5) is 11.3. The van der Waals surface area contributed by atoms with Crippen molar-refractivity contribution >= 4 is 5.82 Å². The van der Waals surface area contributed by atoms with Gasteiger partial charge in [0.05, 0.1) is 24.6 Å². The van der Waals surface area contributed by atoms with Gasteiger partial charge in [-0.25, -0.2) is 4.98 Å². The highest BCUT2D eigenvalue weighted by Crippen LogP contribution is 2.13. The number of nitrogens with one attached hydrogen (secondary N) is 1. The molecule has 0 radical (unpaired) electrons. The van der Waals surface area contributed by atoms with E-state index in [1.165, 1.54) is 0 Å². The summed E-state index contributed by atoms with van der Waals surface area (Å²) >= 11 is 0. The summed E-state index contributed by atoms with van der Waals surface area (Å²) in [5.74, 6) is 0.896. The van der Waals surface area contributed by atoms with Gasteiger partial charge in [-0.1, -0.05) is 0 Å². The fourth-order valence-electron chi connectivity index (χ4n) is 2.46. The van der Waals surface area contributed by atoms with Gasteiger partial charge in [-0.15, -0.1) is 0 Å². The molecular weight excluding hydrogens is 240 g/mol. The molecule has 1 fully saturated rings. The van der Waals surface area contributed by atoms with E-state index < -0.39 is 0 Å². The van der Waals surface area contributed by atoms with E-state index >= 15 is 0 Å². The van der Waals surface area contributed by atoms with Gasteiger partial charge < -0.3 is 10.1 Å². The Morgan fingerprint density at radius 2 is 2.32 bits per heavy atom. The quantitative estimate of drug-likeness (QED) is 0.895. The SMILES string of the molecule is Cc1cnc(C)c(NC[C@H](C)N2CCOC[C@H]2C)n1. The van der Waals surface area contributed by atoms with Gasteiger partial charge in [0.1, 0.15) is 5.82 Å². The van der Waals surface area contributed by atoms with E-state index in [-0.39, 0.29) is 0 Å². The minimum absolute atomic E-state index is 0.459. The minimum atomic E-state index is 0.459. The van der Waals surface area contributed by atoms with Crippen LogP contribution < -0.4 is 5.32 Å². The Labute approximate surface area is 115 Å². The van der Waals surface area contributed by atoms with E-state index in [9.17, 15) is 0 Å². The highest BCUT2D eigenvalue weighted by Gasteiger charge is 2.23. The zero-order chi connectivity index (χ0) is 13.8. The minimum Gasteiger partial charge on any atom is -0.379 e. The molecule has 19 heavy (non-hydrogen) atoms. The molecule has 1 aliphatic heterocycles. The van der Waals surface area contributed by atoms with Crippen LogP contribution in [0.5, 0.6) is 0 Å². The molecule has 0 aromatic carbocycles. The Balaban J connectivity index is 1.92. The number of aryl methyl sites for hydroxylation is 2. The van der Waals surface area contributed by atoms with Crippen LogP contribution >= 0.6 is 0 Å². The van der Waals surface area contributed by atoms with Crippen molar-refractivity contribution in [2.45, 2.75) is 39.8 Å². The maximum absolute atomic E-state index is 5.48. The molecule has 2 rings (SSSR count). The highest BCUT2D eigenvalue weighted by molar-refractivity contribution is 5.39. The van der Waals surface area contributed by atoms with Crippen molar-refractivity contribution in [1.82, 2.24) is 14.9 Å². The number of nitrogens with zero attached hydrogens (tertiary/aromatic N) is 3. The molecule has 1 N–H and O–H groups in total. The number of hydrogen-bond donors (Lipinski definition) is 1. The first-order valence-corrected chi connectivity index (χ1v) is 6.95. The zero-order valence-electron chi connectivity index (χ0n) is 12.3. The molecule has 0 unspecified atom stereocenters. The number of aromatic nitrogens is 2. The summed E-state index contributed by atoms with van der Waals surface area (Å²) in [5.41, 5.74) is 1.90. The van der Waals surface area contributed by atoms with Gasteiger partial charge in [0.25, 0.3) is 0 Å².